The third kappa shape index (κ3) is 45.9. The highest BCUT2D eigenvalue weighted by Crippen LogP contribution is 1.70. The minimum Gasteiger partial charge on any atom is -0.435 e. The summed E-state index contributed by atoms with van der Waals surface area (Å²) in [5.74, 6) is -1.17. The van der Waals surface area contributed by atoms with Gasteiger partial charge < -0.3 is 4.74 Å². The Bertz CT molecular complexity index is 213. The number of halogens is 1. The number of rotatable bonds is 2. The number of ether oxygens (including phenoxy) is 1. The van der Waals surface area contributed by atoms with Crippen molar-refractivity contribution in [1.82, 2.24) is 0 Å². The minimum absolute atomic E-state index is 0.329. The first kappa shape index (κ1) is 19.1. The highest BCUT2D eigenvalue weighted by atomic mass is 35.5. The van der Waals surface area contributed by atoms with E-state index in [2.05, 4.69) is 29.4 Å². The Hall–Kier alpha value is -1.59. The van der Waals surface area contributed by atoms with Gasteiger partial charge in [0.2, 0.25) is 0 Å². The molecule has 0 aliphatic rings. The average molecular weight is 237 g/mol. The van der Waals surface area contributed by atoms with E-state index in [9.17, 15) is 9.59 Å². The van der Waals surface area contributed by atoms with Crippen LogP contribution in [0.5, 0.6) is 0 Å². The lowest BCUT2D eigenvalue weighted by molar-refractivity contribution is -0.228. The van der Waals surface area contributed by atoms with Crippen LogP contribution in [0, 0.1) is 0 Å². The number of carbonyl (C=O) groups excluding carboxylic acids is 2. The Balaban J connectivity index is -0.000000153. The molecule has 0 aromatic heterocycles. The summed E-state index contributed by atoms with van der Waals surface area (Å²) in [6.45, 7) is 10.6. The van der Waals surface area contributed by atoms with Crippen molar-refractivity contribution in [3.05, 3.63) is 37.6 Å². The molecule has 0 aromatic carbocycles. The van der Waals surface area contributed by atoms with Crippen LogP contribution in [0.4, 0.5) is 0 Å². The summed E-state index contributed by atoms with van der Waals surface area (Å²) in [7, 11) is 0. The zero-order valence-electron chi connectivity index (χ0n) is 8.31. The number of hydrogen-bond donors (Lipinski definition) is 1. The van der Waals surface area contributed by atoms with Crippen LogP contribution in [0.1, 0.15) is 6.92 Å². The lowest BCUT2D eigenvalue weighted by Gasteiger charge is -1.83. The number of esters is 1. The van der Waals surface area contributed by atoms with Crippen LogP contribution in [0.25, 0.3) is 0 Å². The molecule has 0 saturated heterocycles. The Morgan fingerprint density at radius 2 is 1.73 bits per heavy atom. The molecule has 0 amide bonds. The second-order valence-electron chi connectivity index (χ2n) is 1.54. The van der Waals surface area contributed by atoms with Gasteiger partial charge in [-0.3, -0.25) is 9.68 Å². The molecule has 6 heteroatoms. The van der Waals surface area contributed by atoms with Crippen molar-refractivity contribution < 1.29 is 24.5 Å². The topological polar surface area (TPSA) is 72.8 Å². The SMILES string of the molecule is C=CC(=O)OO.C=CCl.C=COC(C)=O. The third-order valence-corrected chi connectivity index (χ3v) is 0.506. The first-order chi connectivity index (χ1) is 6.99. The van der Waals surface area contributed by atoms with Crippen molar-refractivity contribution in [3.8, 4) is 0 Å². The molecule has 0 spiro atoms. The van der Waals surface area contributed by atoms with Crippen LogP contribution in [-0.4, -0.2) is 17.2 Å². The molecule has 0 unspecified atom stereocenters. The molecule has 15 heavy (non-hydrogen) atoms. The monoisotopic (exact) mass is 236 g/mol. The molecule has 86 valence electrons. The molecule has 5 nitrogen and oxygen atoms in total. The largest absolute Gasteiger partial charge is 0.435 e. The molecule has 0 aliphatic heterocycles. The van der Waals surface area contributed by atoms with Crippen molar-refractivity contribution in [3.63, 3.8) is 0 Å². The van der Waals surface area contributed by atoms with Gasteiger partial charge in [0.15, 0.2) is 0 Å². The number of hydrogen-bond acceptors (Lipinski definition) is 5. The van der Waals surface area contributed by atoms with E-state index in [0.29, 0.717) is 0 Å². The van der Waals surface area contributed by atoms with Crippen LogP contribution in [0.15, 0.2) is 37.6 Å². The molecule has 0 fully saturated rings. The fourth-order valence-corrected chi connectivity index (χ4v) is 0.155. The van der Waals surface area contributed by atoms with Crippen LogP contribution >= 0.6 is 11.6 Å². The zero-order chi connectivity index (χ0) is 12.7. The van der Waals surface area contributed by atoms with Gasteiger partial charge in [0, 0.05) is 13.0 Å². The Kier molecular flexibility index (Phi) is 23.2. The van der Waals surface area contributed by atoms with Crippen LogP contribution < -0.4 is 0 Å². The number of carbonyl (C=O) groups is 2. The van der Waals surface area contributed by atoms with Crippen molar-refractivity contribution in [2.24, 2.45) is 0 Å². The first-order valence-electron chi connectivity index (χ1n) is 3.47. The maximum atomic E-state index is 9.75. The average Bonchev–Trinajstić information content (AvgIpc) is 2.18. The summed E-state index contributed by atoms with van der Waals surface area (Å²) in [6.07, 6.45) is 1.96. The van der Waals surface area contributed by atoms with E-state index >= 15 is 0 Å². The van der Waals surface area contributed by atoms with Gasteiger partial charge in [0.25, 0.3) is 0 Å². The van der Waals surface area contributed by atoms with Gasteiger partial charge in [-0.15, -0.1) is 0 Å². The highest BCUT2D eigenvalue weighted by molar-refractivity contribution is 6.25. The van der Waals surface area contributed by atoms with Gasteiger partial charge in [-0.1, -0.05) is 31.3 Å². The summed E-state index contributed by atoms with van der Waals surface area (Å²) >= 11 is 4.76. The predicted octanol–water partition coefficient (Wildman–Crippen LogP) is 2.25. The maximum Gasteiger partial charge on any atom is 0.365 e. The molecule has 0 bridgehead atoms. The Morgan fingerprint density at radius 1 is 1.33 bits per heavy atom. The molecule has 0 rings (SSSR count). The van der Waals surface area contributed by atoms with E-state index in [1.807, 2.05) is 0 Å². The first-order valence-corrected chi connectivity index (χ1v) is 3.90. The molecule has 0 heterocycles. The fraction of sp³-hybridized carbons (Fsp3) is 0.111. The minimum atomic E-state index is -0.838. The molecular formula is C9H13ClO5. The third-order valence-electron chi connectivity index (χ3n) is 0.506. The van der Waals surface area contributed by atoms with E-state index in [-0.39, 0.29) is 5.97 Å². The summed E-state index contributed by atoms with van der Waals surface area (Å²) in [5, 5.41) is 7.41. The second-order valence-corrected chi connectivity index (χ2v) is 1.85. The van der Waals surface area contributed by atoms with Gasteiger partial charge in [-0.05, 0) is 5.54 Å². The Morgan fingerprint density at radius 3 is 1.73 bits per heavy atom. The second kappa shape index (κ2) is 18.2. The standard InChI is InChI=1S/C4H6O2.C3H4O3.C2H3Cl/c1-3-6-4(2)5;1-2-3(4)6-5;1-2-3/h3H,1H2,2H3;2,5H,1H2;2H,1H2. The van der Waals surface area contributed by atoms with Gasteiger partial charge in [0.05, 0.1) is 6.26 Å². The van der Waals surface area contributed by atoms with Gasteiger partial charge in [-0.25, -0.2) is 4.79 Å². The lowest BCUT2D eigenvalue weighted by Crippen LogP contribution is -1.92. The molecular weight excluding hydrogens is 224 g/mol. The molecule has 0 saturated carbocycles. The van der Waals surface area contributed by atoms with Crippen molar-refractivity contribution in [1.29, 1.82) is 0 Å². The van der Waals surface area contributed by atoms with E-state index in [4.69, 9.17) is 16.9 Å². The van der Waals surface area contributed by atoms with E-state index in [0.717, 1.165) is 12.3 Å². The van der Waals surface area contributed by atoms with Crippen LogP contribution in [-0.2, 0) is 19.2 Å². The fourth-order valence-electron chi connectivity index (χ4n) is 0.155. The van der Waals surface area contributed by atoms with Crippen LogP contribution in [0.2, 0.25) is 0 Å². The van der Waals surface area contributed by atoms with Crippen LogP contribution in [0.3, 0.4) is 0 Å². The molecule has 0 radical (unpaired) electrons. The molecule has 1 N–H and O–H groups in total. The smallest absolute Gasteiger partial charge is 0.365 e. The van der Waals surface area contributed by atoms with Crippen molar-refractivity contribution in [2.45, 2.75) is 6.92 Å². The lowest BCUT2D eigenvalue weighted by atomic mass is 10.7. The van der Waals surface area contributed by atoms with E-state index < -0.39 is 5.97 Å². The summed E-state index contributed by atoms with van der Waals surface area (Å²) in [6, 6.07) is 0. The Labute approximate surface area is 93.2 Å². The molecule has 0 aromatic rings. The van der Waals surface area contributed by atoms with E-state index in [1.165, 1.54) is 12.5 Å². The van der Waals surface area contributed by atoms with Crippen molar-refractivity contribution in [2.75, 3.05) is 0 Å². The summed E-state index contributed by atoms with van der Waals surface area (Å²) < 4.78 is 4.17. The predicted molar refractivity (Wildman–Crippen MR) is 56.9 cm³/mol. The summed E-state index contributed by atoms with van der Waals surface area (Å²) in [5.41, 5.74) is 1.22. The highest BCUT2D eigenvalue weighted by Gasteiger charge is 1.85. The molecule has 0 aliphatic carbocycles. The summed E-state index contributed by atoms with van der Waals surface area (Å²) in [4.78, 5) is 22.5. The maximum absolute atomic E-state index is 9.75. The normalized spacial score (nSPS) is 6.33. The van der Waals surface area contributed by atoms with Gasteiger partial charge >= 0.3 is 11.9 Å². The van der Waals surface area contributed by atoms with Crippen molar-refractivity contribution >= 4 is 23.5 Å². The zero-order valence-corrected chi connectivity index (χ0v) is 9.07. The molecule has 0 atom stereocenters. The quantitative estimate of drug-likeness (QED) is 0.262. The van der Waals surface area contributed by atoms with E-state index in [1.54, 1.807) is 0 Å². The van der Waals surface area contributed by atoms with Gasteiger partial charge in [-0.2, -0.15) is 5.26 Å². The van der Waals surface area contributed by atoms with Gasteiger partial charge in [0.1, 0.15) is 0 Å².